The Morgan fingerprint density at radius 2 is 1.85 bits per heavy atom. The molecule has 1 aliphatic carbocycles. The van der Waals surface area contributed by atoms with Gasteiger partial charge in [-0.05, 0) is 25.0 Å². The number of fused-ring (bicyclic) bond motifs is 1. The maximum atomic E-state index is 6.17. The van der Waals surface area contributed by atoms with E-state index in [4.69, 9.17) is 10.5 Å². The van der Waals surface area contributed by atoms with E-state index in [2.05, 4.69) is 23.2 Å². The predicted molar refractivity (Wildman–Crippen MR) is 81.4 cm³/mol. The Morgan fingerprint density at radius 3 is 2.65 bits per heavy atom. The van der Waals surface area contributed by atoms with Crippen molar-refractivity contribution in [1.82, 2.24) is 4.98 Å². The predicted octanol–water partition coefficient (Wildman–Crippen LogP) is 3.41. The minimum atomic E-state index is -0.119. The van der Waals surface area contributed by atoms with Crippen LogP contribution in [-0.4, -0.2) is 17.1 Å². The zero-order chi connectivity index (χ0) is 13.8. The second kappa shape index (κ2) is 5.90. The van der Waals surface area contributed by atoms with E-state index < -0.39 is 0 Å². The van der Waals surface area contributed by atoms with Crippen LogP contribution in [0.3, 0.4) is 0 Å². The molecule has 0 amide bonds. The Balaban J connectivity index is 1.72. The van der Waals surface area contributed by atoms with Crippen LogP contribution >= 0.6 is 0 Å². The summed E-state index contributed by atoms with van der Waals surface area (Å²) >= 11 is 0. The Hall–Kier alpha value is -1.45. The molecule has 1 saturated carbocycles. The lowest BCUT2D eigenvalue weighted by Crippen LogP contribution is -2.42. The molecular weight excluding hydrogens is 248 g/mol. The lowest BCUT2D eigenvalue weighted by atomic mass is 9.85. The van der Waals surface area contributed by atoms with E-state index in [1.807, 2.05) is 18.2 Å². The first kappa shape index (κ1) is 13.5. The van der Waals surface area contributed by atoms with Gasteiger partial charge in [0.1, 0.15) is 0 Å². The Labute approximate surface area is 120 Å². The van der Waals surface area contributed by atoms with E-state index >= 15 is 0 Å². The molecule has 1 fully saturated rings. The second-order valence-electron chi connectivity index (χ2n) is 5.73. The van der Waals surface area contributed by atoms with E-state index in [0.29, 0.717) is 13.2 Å². The molecule has 3 rings (SSSR count). The molecule has 0 spiro atoms. The molecule has 20 heavy (non-hydrogen) atoms. The fraction of sp³-hybridized carbons (Fsp3) is 0.471. The van der Waals surface area contributed by atoms with E-state index in [1.54, 1.807) is 0 Å². The third-order valence-corrected chi connectivity index (χ3v) is 4.32. The van der Waals surface area contributed by atoms with Crippen molar-refractivity contribution < 1.29 is 4.74 Å². The van der Waals surface area contributed by atoms with Gasteiger partial charge in [-0.1, -0.05) is 43.5 Å². The lowest BCUT2D eigenvalue weighted by Gasteiger charge is -2.36. The molecule has 0 aliphatic heterocycles. The molecule has 1 aliphatic rings. The van der Waals surface area contributed by atoms with Crippen molar-refractivity contribution in [2.75, 3.05) is 6.54 Å². The average Bonchev–Trinajstić information content (AvgIpc) is 2.54. The first-order valence-electron chi connectivity index (χ1n) is 7.50. The van der Waals surface area contributed by atoms with Crippen LogP contribution in [0.25, 0.3) is 10.9 Å². The number of hydrogen-bond acceptors (Lipinski definition) is 3. The summed E-state index contributed by atoms with van der Waals surface area (Å²) < 4.78 is 6.17. The van der Waals surface area contributed by atoms with Crippen LogP contribution in [0.4, 0.5) is 0 Å². The standard InChI is InChI=1S/C17H22N2O/c18-13-17(10-4-1-5-11-17)20-12-15-9-8-14-6-2-3-7-16(14)19-15/h2-3,6-9H,1,4-5,10-13,18H2. The zero-order valence-electron chi connectivity index (χ0n) is 11.8. The summed E-state index contributed by atoms with van der Waals surface area (Å²) in [7, 11) is 0. The third-order valence-electron chi connectivity index (χ3n) is 4.32. The molecule has 2 aromatic rings. The summed E-state index contributed by atoms with van der Waals surface area (Å²) in [5.41, 5.74) is 7.84. The summed E-state index contributed by atoms with van der Waals surface area (Å²) in [6.07, 6.45) is 5.91. The first-order chi connectivity index (χ1) is 9.81. The zero-order valence-corrected chi connectivity index (χ0v) is 11.8. The number of hydrogen-bond donors (Lipinski definition) is 1. The highest BCUT2D eigenvalue weighted by molar-refractivity contribution is 5.78. The molecule has 0 atom stereocenters. The van der Waals surface area contributed by atoms with Crippen molar-refractivity contribution in [2.45, 2.75) is 44.3 Å². The lowest BCUT2D eigenvalue weighted by molar-refractivity contribution is -0.0744. The summed E-state index contributed by atoms with van der Waals surface area (Å²) in [5, 5.41) is 1.17. The number of ether oxygens (including phenoxy) is 1. The molecule has 1 heterocycles. The molecule has 0 bridgehead atoms. The van der Waals surface area contributed by atoms with Gasteiger partial charge in [-0.15, -0.1) is 0 Å². The van der Waals surface area contributed by atoms with Crippen LogP contribution in [0.5, 0.6) is 0 Å². The van der Waals surface area contributed by atoms with Crippen LogP contribution in [0.2, 0.25) is 0 Å². The van der Waals surface area contributed by atoms with Gasteiger partial charge >= 0.3 is 0 Å². The van der Waals surface area contributed by atoms with Gasteiger partial charge in [0.2, 0.25) is 0 Å². The van der Waals surface area contributed by atoms with E-state index in [9.17, 15) is 0 Å². The summed E-state index contributed by atoms with van der Waals surface area (Å²) in [6, 6.07) is 12.3. The summed E-state index contributed by atoms with van der Waals surface area (Å²) in [5.74, 6) is 0. The summed E-state index contributed by atoms with van der Waals surface area (Å²) in [6.45, 7) is 1.17. The largest absolute Gasteiger partial charge is 0.367 e. The van der Waals surface area contributed by atoms with Gasteiger partial charge in [0.15, 0.2) is 0 Å². The molecule has 0 radical (unpaired) electrons. The van der Waals surface area contributed by atoms with Crippen molar-refractivity contribution in [3.05, 3.63) is 42.1 Å². The molecule has 106 valence electrons. The monoisotopic (exact) mass is 270 g/mol. The number of benzene rings is 1. The Bertz CT molecular complexity index is 576. The second-order valence-corrected chi connectivity index (χ2v) is 5.73. The van der Waals surface area contributed by atoms with Crippen molar-refractivity contribution in [2.24, 2.45) is 5.73 Å². The van der Waals surface area contributed by atoms with Crippen molar-refractivity contribution in [3.8, 4) is 0 Å². The molecule has 3 heteroatoms. The molecule has 1 aromatic carbocycles. The van der Waals surface area contributed by atoms with E-state index in [0.717, 1.165) is 24.1 Å². The van der Waals surface area contributed by atoms with Crippen LogP contribution < -0.4 is 5.73 Å². The molecule has 2 N–H and O–H groups in total. The molecule has 0 saturated heterocycles. The van der Waals surface area contributed by atoms with Gasteiger partial charge in [-0.25, -0.2) is 0 Å². The Kier molecular flexibility index (Phi) is 3.99. The van der Waals surface area contributed by atoms with Gasteiger partial charge in [0, 0.05) is 11.9 Å². The highest BCUT2D eigenvalue weighted by Crippen LogP contribution is 2.31. The topological polar surface area (TPSA) is 48.1 Å². The van der Waals surface area contributed by atoms with Crippen LogP contribution in [-0.2, 0) is 11.3 Å². The number of aromatic nitrogens is 1. The van der Waals surface area contributed by atoms with E-state index in [-0.39, 0.29) is 5.60 Å². The molecule has 1 aromatic heterocycles. The number of nitrogens with zero attached hydrogens (tertiary/aromatic N) is 1. The fourth-order valence-corrected chi connectivity index (χ4v) is 3.02. The maximum absolute atomic E-state index is 6.17. The fourth-order valence-electron chi connectivity index (χ4n) is 3.02. The average molecular weight is 270 g/mol. The minimum Gasteiger partial charge on any atom is -0.367 e. The van der Waals surface area contributed by atoms with Crippen LogP contribution in [0.15, 0.2) is 36.4 Å². The third kappa shape index (κ3) is 2.84. The minimum absolute atomic E-state index is 0.119. The molecule has 0 unspecified atom stereocenters. The number of para-hydroxylation sites is 1. The molecule has 3 nitrogen and oxygen atoms in total. The van der Waals surface area contributed by atoms with Gasteiger partial charge in [-0.3, -0.25) is 4.98 Å². The summed E-state index contributed by atoms with van der Waals surface area (Å²) in [4.78, 5) is 4.66. The van der Waals surface area contributed by atoms with E-state index in [1.165, 1.54) is 24.6 Å². The van der Waals surface area contributed by atoms with Gasteiger partial charge in [-0.2, -0.15) is 0 Å². The highest BCUT2D eigenvalue weighted by atomic mass is 16.5. The highest BCUT2D eigenvalue weighted by Gasteiger charge is 2.31. The number of pyridine rings is 1. The SMILES string of the molecule is NCC1(OCc2ccc3ccccc3n2)CCCCC1. The molecular formula is C17H22N2O. The smallest absolute Gasteiger partial charge is 0.0896 e. The first-order valence-corrected chi connectivity index (χ1v) is 7.50. The van der Waals surface area contributed by atoms with Crippen molar-refractivity contribution in [1.29, 1.82) is 0 Å². The number of nitrogens with two attached hydrogens (primary N) is 1. The van der Waals surface area contributed by atoms with Crippen molar-refractivity contribution in [3.63, 3.8) is 0 Å². The van der Waals surface area contributed by atoms with Crippen molar-refractivity contribution >= 4 is 10.9 Å². The van der Waals surface area contributed by atoms with Gasteiger partial charge in [0.05, 0.1) is 23.4 Å². The maximum Gasteiger partial charge on any atom is 0.0896 e. The quantitative estimate of drug-likeness (QED) is 0.926. The van der Waals surface area contributed by atoms with Crippen LogP contribution in [0, 0.1) is 0 Å². The number of rotatable bonds is 4. The van der Waals surface area contributed by atoms with Gasteiger partial charge < -0.3 is 10.5 Å². The normalized spacial score (nSPS) is 18.2. The van der Waals surface area contributed by atoms with Gasteiger partial charge in [0.25, 0.3) is 0 Å². The Morgan fingerprint density at radius 1 is 1.05 bits per heavy atom. The van der Waals surface area contributed by atoms with Crippen LogP contribution in [0.1, 0.15) is 37.8 Å².